The predicted octanol–water partition coefficient (Wildman–Crippen LogP) is 6.12. The maximum atomic E-state index is 6.50. The summed E-state index contributed by atoms with van der Waals surface area (Å²) in [6.07, 6.45) is 8.20. The zero-order valence-corrected chi connectivity index (χ0v) is 19.9. The van der Waals surface area contributed by atoms with Crippen LogP contribution in [0.4, 0.5) is 0 Å². The van der Waals surface area contributed by atoms with Gasteiger partial charge in [-0.1, -0.05) is 36.4 Å². The van der Waals surface area contributed by atoms with E-state index in [4.69, 9.17) is 14.7 Å². The minimum absolute atomic E-state index is 0.0495. The molecule has 0 aliphatic heterocycles. The lowest BCUT2D eigenvalue weighted by atomic mass is 9.97. The van der Waals surface area contributed by atoms with Gasteiger partial charge in [-0.2, -0.15) is 4.98 Å². The van der Waals surface area contributed by atoms with E-state index < -0.39 is 0 Å². The van der Waals surface area contributed by atoms with Crippen LogP contribution in [0.3, 0.4) is 0 Å². The number of hydrogen-bond acceptors (Lipinski definition) is 6. The van der Waals surface area contributed by atoms with Gasteiger partial charge in [-0.25, -0.2) is 4.98 Å². The van der Waals surface area contributed by atoms with Crippen molar-refractivity contribution >= 4 is 32.3 Å². The molecule has 2 aromatic carbocycles. The molecule has 0 saturated carbocycles. The first-order valence-electron chi connectivity index (χ1n) is 11.8. The van der Waals surface area contributed by atoms with E-state index in [1.165, 1.54) is 39.6 Å². The van der Waals surface area contributed by atoms with Crippen molar-refractivity contribution in [3.63, 3.8) is 0 Å². The fraction of sp³-hybridized carbons (Fsp3) is 0.250. The van der Waals surface area contributed by atoms with Crippen LogP contribution in [0.1, 0.15) is 34.9 Å². The second-order valence-electron chi connectivity index (χ2n) is 8.74. The molecule has 34 heavy (non-hydrogen) atoms. The third-order valence-electron chi connectivity index (χ3n) is 6.63. The maximum absolute atomic E-state index is 6.50. The molecule has 1 aliphatic rings. The lowest BCUT2D eigenvalue weighted by molar-refractivity contribution is 0.267. The Morgan fingerprint density at radius 2 is 1.79 bits per heavy atom. The number of fused-ring (bicyclic) bond motifs is 4. The number of thiophene rings is 1. The highest BCUT2D eigenvalue weighted by molar-refractivity contribution is 7.18. The van der Waals surface area contributed by atoms with Gasteiger partial charge in [-0.05, 0) is 72.8 Å². The number of pyridine rings is 1. The summed E-state index contributed by atoms with van der Waals surface area (Å²) in [4.78, 5) is 16.5. The summed E-state index contributed by atoms with van der Waals surface area (Å²) < 4.78 is 6.50. The normalized spacial score (nSPS) is 14.3. The smallest absolute Gasteiger partial charge is 0.226 e. The van der Waals surface area contributed by atoms with Crippen molar-refractivity contribution in [3.8, 4) is 17.3 Å². The second-order valence-corrected chi connectivity index (χ2v) is 9.82. The lowest BCUT2D eigenvalue weighted by Gasteiger charge is -2.19. The van der Waals surface area contributed by atoms with Gasteiger partial charge in [-0.3, -0.25) is 4.98 Å². The van der Waals surface area contributed by atoms with E-state index in [0.29, 0.717) is 18.3 Å². The molecule has 0 saturated heterocycles. The number of likely N-dealkylation sites (N-methyl/N-ethyl adjacent to an activating group) is 1. The van der Waals surface area contributed by atoms with Crippen molar-refractivity contribution in [1.29, 1.82) is 0 Å². The van der Waals surface area contributed by atoms with E-state index in [1.54, 1.807) is 23.7 Å². The van der Waals surface area contributed by atoms with Gasteiger partial charge in [0.15, 0.2) is 5.82 Å². The summed E-state index contributed by atoms with van der Waals surface area (Å²) >= 11 is 1.80. The van der Waals surface area contributed by atoms with Crippen molar-refractivity contribution in [2.75, 3.05) is 13.7 Å². The summed E-state index contributed by atoms with van der Waals surface area (Å²) in [7, 11) is 1.98. The average Bonchev–Trinajstić information content (AvgIpc) is 3.28. The molecule has 1 aliphatic carbocycles. The Bertz CT molecular complexity index is 1460. The Morgan fingerprint density at radius 3 is 2.65 bits per heavy atom. The molecule has 0 spiro atoms. The zero-order valence-electron chi connectivity index (χ0n) is 19.1. The van der Waals surface area contributed by atoms with Crippen molar-refractivity contribution in [2.24, 2.45) is 0 Å². The van der Waals surface area contributed by atoms with Crippen LogP contribution in [-0.2, 0) is 12.8 Å². The molecule has 1 N–H and O–H groups in total. The molecular formula is C28H26N4OS. The van der Waals surface area contributed by atoms with Crippen LogP contribution in [0.25, 0.3) is 32.4 Å². The van der Waals surface area contributed by atoms with E-state index in [1.807, 2.05) is 19.2 Å². The van der Waals surface area contributed by atoms with Gasteiger partial charge < -0.3 is 10.1 Å². The molecule has 0 bridgehead atoms. The third kappa shape index (κ3) is 3.93. The molecule has 0 unspecified atom stereocenters. The number of ether oxygens (including phenoxy) is 1. The SMILES string of the molecule is CN[C@@H](COc1nc(-c2ccncc2)nc2sc3c(c12)CCCC3)c1ccc2ccccc2c1. The quantitative estimate of drug-likeness (QED) is 0.326. The largest absolute Gasteiger partial charge is 0.475 e. The highest BCUT2D eigenvalue weighted by Crippen LogP contribution is 2.40. The predicted molar refractivity (Wildman–Crippen MR) is 139 cm³/mol. The van der Waals surface area contributed by atoms with E-state index >= 15 is 0 Å². The maximum Gasteiger partial charge on any atom is 0.226 e. The zero-order chi connectivity index (χ0) is 22.9. The molecule has 5 aromatic rings. The molecule has 3 heterocycles. The first-order chi connectivity index (χ1) is 16.8. The fourth-order valence-electron chi connectivity index (χ4n) is 4.79. The molecule has 0 radical (unpaired) electrons. The lowest BCUT2D eigenvalue weighted by Crippen LogP contribution is -2.23. The van der Waals surface area contributed by atoms with Crippen molar-refractivity contribution in [2.45, 2.75) is 31.7 Å². The van der Waals surface area contributed by atoms with Gasteiger partial charge in [0.25, 0.3) is 0 Å². The highest BCUT2D eigenvalue weighted by Gasteiger charge is 2.23. The van der Waals surface area contributed by atoms with Crippen molar-refractivity contribution in [3.05, 3.63) is 83.0 Å². The van der Waals surface area contributed by atoms with Crippen LogP contribution in [0.5, 0.6) is 5.88 Å². The summed E-state index contributed by atoms with van der Waals surface area (Å²) in [5, 5.41) is 7.01. The first-order valence-corrected chi connectivity index (χ1v) is 12.6. The van der Waals surface area contributed by atoms with E-state index in [9.17, 15) is 0 Å². The van der Waals surface area contributed by atoms with Gasteiger partial charge in [0.1, 0.15) is 11.4 Å². The Labute approximate surface area is 202 Å². The van der Waals surface area contributed by atoms with Crippen LogP contribution in [0.2, 0.25) is 0 Å². The van der Waals surface area contributed by atoms with Crippen LogP contribution in [-0.4, -0.2) is 28.6 Å². The van der Waals surface area contributed by atoms with Crippen molar-refractivity contribution in [1.82, 2.24) is 20.3 Å². The average molecular weight is 467 g/mol. The molecule has 0 fully saturated rings. The van der Waals surface area contributed by atoms with Crippen molar-refractivity contribution < 1.29 is 4.74 Å². The summed E-state index contributed by atoms with van der Waals surface area (Å²) in [6, 6.07) is 19.0. The Morgan fingerprint density at radius 1 is 0.971 bits per heavy atom. The van der Waals surface area contributed by atoms with Gasteiger partial charge in [-0.15, -0.1) is 11.3 Å². The molecule has 6 rings (SSSR count). The molecule has 0 amide bonds. The monoisotopic (exact) mass is 466 g/mol. The van der Waals surface area contributed by atoms with Gasteiger partial charge in [0.05, 0.1) is 11.4 Å². The number of hydrogen-bond donors (Lipinski definition) is 1. The molecule has 5 nitrogen and oxygen atoms in total. The van der Waals surface area contributed by atoms with Gasteiger partial charge in [0.2, 0.25) is 5.88 Å². The molecule has 1 atom stereocenters. The van der Waals surface area contributed by atoms with Crippen LogP contribution in [0.15, 0.2) is 67.0 Å². The number of aryl methyl sites for hydroxylation is 2. The third-order valence-corrected chi connectivity index (χ3v) is 7.82. The minimum Gasteiger partial charge on any atom is -0.475 e. The molecule has 170 valence electrons. The summed E-state index contributed by atoms with van der Waals surface area (Å²) in [5.74, 6) is 1.38. The standard InChI is InChI=1S/C28H26N4OS/c1-29-23(21-11-10-18-6-2-3-7-20(18)16-21)17-33-27-25-22-8-4-5-9-24(22)34-28(25)32-26(31-27)19-12-14-30-15-13-19/h2-3,6-7,10-16,23,29H,4-5,8-9,17H2,1H3/t23-/m0/s1. The second kappa shape index (κ2) is 9.12. The van der Waals surface area contributed by atoms with Gasteiger partial charge in [0, 0.05) is 22.8 Å². The van der Waals surface area contributed by atoms with E-state index in [2.05, 4.69) is 52.8 Å². The summed E-state index contributed by atoms with van der Waals surface area (Å²) in [5.41, 5.74) is 3.54. The minimum atomic E-state index is 0.0495. The van der Waals surface area contributed by atoms with E-state index in [0.717, 1.165) is 28.6 Å². The Hall–Kier alpha value is -3.35. The van der Waals surface area contributed by atoms with Crippen LogP contribution in [0, 0.1) is 0 Å². The number of rotatable bonds is 6. The summed E-state index contributed by atoms with van der Waals surface area (Å²) in [6.45, 7) is 0.487. The molecule has 3 aromatic heterocycles. The highest BCUT2D eigenvalue weighted by atomic mass is 32.1. The molecular weight excluding hydrogens is 440 g/mol. The topological polar surface area (TPSA) is 59.9 Å². The van der Waals surface area contributed by atoms with Crippen LogP contribution >= 0.6 is 11.3 Å². The fourth-order valence-corrected chi connectivity index (χ4v) is 6.04. The van der Waals surface area contributed by atoms with Gasteiger partial charge >= 0.3 is 0 Å². The first kappa shape index (κ1) is 21.2. The number of aromatic nitrogens is 3. The van der Waals surface area contributed by atoms with E-state index in [-0.39, 0.29) is 6.04 Å². The number of nitrogens with zero attached hydrogens (tertiary/aromatic N) is 3. The Kier molecular flexibility index (Phi) is 5.69. The Balaban J connectivity index is 1.38. The number of benzene rings is 2. The molecule has 6 heteroatoms. The number of nitrogens with one attached hydrogen (secondary N) is 1. The van der Waals surface area contributed by atoms with Crippen LogP contribution < -0.4 is 10.1 Å².